The van der Waals surface area contributed by atoms with E-state index in [0.29, 0.717) is 40.5 Å². The van der Waals surface area contributed by atoms with Crippen molar-refractivity contribution in [2.24, 2.45) is 0 Å². The van der Waals surface area contributed by atoms with E-state index in [1.54, 1.807) is 19.1 Å². The monoisotopic (exact) mass is 376 g/mol. The zero-order valence-electron chi connectivity index (χ0n) is 14.7. The Balaban J connectivity index is 0.00000254. The third-order valence-corrected chi connectivity index (χ3v) is 3.18. The van der Waals surface area contributed by atoms with Gasteiger partial charge in [0.15, 0.2) is 5.11 Å². The Hall–Kier alpha value is -1.73. The normalized spacial score (nSPS) is 9.25. The zero-order valence-corrected chi connectivity index (χ0v) is 16.3. The Morgan fingerprint density at radius 2 is 1.83 bits per heavy atom. The molecule has 8 heteroatoms. The first-order valence-corrected chi connectivity index (χ1v) is 8.42. The van der Waals surface area contributed by atoms with E-state index in [-0.39, 0.29) is 12.4 Å². The molecule has 0 radical (unpaired) electrons. The zero-order chi connectivity index (χ0) is 18.5. The van der Waals surface area contributed by atoms with E-state index in [0.717, 1.165) is 0 Å². The summed E-state index contributed by atoms with van der Waals surface area (Å²) < 4.78 is 15.2. The summed E-state index contributed by atoms with van der Waals surface area (Å²) in [5, 5.41) is 6.68. The fourth-order valence-electron chi connectivity index (χ4n) is 1.64. The summed E-state index contributed by atoms with van der Waals surface area (Å²) in [6.45, 7) is 6.50. The van der Waals surface area contributed by atoms with Gasteiger partial charge >= 0.3 is 5.97 Å². The van der Waals surface area contributed by atoms with Gasteiger partial charge in [-0.2, -0.15) is 0 Å². The summed E-state index contributed by atoms with van der Waals surface area (Å²) in [7, 11) is 3.05. The number of hydrogen-bond donors (Lipinski definition) is 2. The van der Waals surface area contributed by atoms with Crippen molar-refractivity contribution < 1.29 is 19.0 Å². The highest BCUT2D eigenvalue weighted by Gasteiger charge is 2.11. The molecule has 0 heterocycles. The second kappa shape index (κ2) is 12.7. The van der Waals surface area contributed by atoms with Crippen molar-refractivity contribution in [3.63, 3.8) is 0 Å². The lowest BCUT2D eigenvalue weighted by Crippen LogP contribution is -2.30. The molecule has 1 rings (SSSR count). The van der Waals surface area contributed by atoms with Crippen molar-refractivity contribution >= 4 is 40.6 Å². The number of methoxy groups -OCH3 is 2. The largest absolute Gasteiger partial charge is 0.495 e. The highest BCUT2D eigenvalue weighted by Crippen LogP contribution is 2.35. The molecule has 0 saturated heterocycles. The molecule has 1 aromatic carbocycles. The molecule has 1 aromatic rings. The number of hydrogen-bond acceptors (Lipinski definition) is 5. The van der Waals surface area contributed by atoms with E-state index in [1.165, 1.54) is 14.2 Å². The van der Waals surface area contributed by atoms with Crippen molar-refractivity contribution in [3.8, 4) is 11.5 Å². The highest BCUT2D eigenvalue weighted by molar-refractivity contribution is 7.80. The molecular weight excluding hydrogens is 352 g/mol. The molecule has 24 heavy (non-hydrogen) atoms. The molecule has 0 atom stereocenters. The molecule has 0 bridgehead atoms. The second-order valence-electron chi connectivity index (χ2n) is 4.12. The molecular formula is C16H25ClN2O4S. The molecule has 6 nitrogen and oxygen atoms in total. The van der Waals surface area contributed by atoms with Crippen molar-refractivity contribution in [2.45, 2.75) is 27.2 Å². The first kappa shape index (κ1) is 22.3. The molecule has 0 saturated carbocycles. The first-order chi connectivity index (χ1) is 11.5. The van der Waals surface area contributed by atoms with E-state index in [1.807, 2.05) is 13.8 Å². The van der Waals surface area contributed by atoms with Crippen LogP contribution in [-0.4, -0.2) is 38.5 Å². The number of ether oxygens (including phenoxy) is 3. The number of anilines is 1. The van der Waals surface area contributed by atoms with Crippen molar-refractivity contribution in [1.29, 1.82) is 0 Å². The number of esters is 1. The average Bonchev–Trinajstić information content (AvgIpc) is 2.58. The Kier molecular flexibility index (Phi) is 11.8. The summed E-state index contributed by atoms with van der Waals surface area (Å²) in [6, 6.07) is 3.31. The van der Waals surface area contributed by atoms with Gasteiger partial charge in [-0.3, -0.25) is 4.79 Å². The third-order valence-electron chi connectivity index (χ3n) is 2.64. The fraction of sp³-hybridized carbons (Fsp3) is 0.500. The second-order valence-corrected chi connectivity index (χ2v) is 4.94. The Morgan fingerprint density at radius 1 is 1.21 bits per heavy atom. The molecule has 0 amide bonds. The standard InChI is InChI=1S/C14H19ClN2O4S.C2H6/c1-4-21-13(18)5-6-16-14(22)17-10-8-11(19-2)9(15)7-12(10)20-3;1-2/h7-8H,4-6H2,1-3H3,(H2,16,17,22);1-2H3. The number of carbonyl (C=O) groups excluding carboxylic acids is 1. The fourth-order valence-corrected chi connectivity index (χ4v) is 2.08. The van der Waals surface area contributed by atoms with Gasteiger partial charge in [0.1, 0.15) is 11.5 Å². The van der Waals surface area contributed by atoms with Gasteiger partial charge in [0, 0.05) is 18.7 Å². The third kappa shape index (κ3) is 7.70. The smallest absolute Gasteiger partial charge is 0.307 e. The van der Waals surface area contributed by atoms with Crippen molar-refractivity contribution in [3.05, 3.63) is 17.2 Å². The van der Waals surface area contributed by atoms with Crippen LogP contribution in [0.25, 0.3) is 0 Å². The van der Waals surface area contributed by atoms with Gasteiger partial charge in [-0.25, -0.2) is 0 Å². The summed E-state index contributed by atoms with van der Waals surface area (Å²) in [5.41, 5.74) is 0.609. The Labute approximate surface area is 153 Å². The van der Waals surface area contributed by atoms with Crippen LogP contribution in [-0.2, 0) is 9.53 Å². The number of benzene rings is 1. The van der Waals surface area contributed by atoms with E-state index in [4.69, 9.17) is 38.0 Å². The lowest BCUT2D eigenvalue weighted by molar-refractivity contribution is -0.142. The average molecular weight is 377 g/mol. The molecule has 0 aliphatic carbocycles. The van der Waals surface area contributed by atoms with E-state index in [2.05, 4.69) is 10.6 Å². The maximum atomic E-state index is 11.2. The summed E-state index contributed by atoms with van der Waals surface area (Å²) in [6.07, 6.45) is 0.233. The molecule has 2 N–H and O–H groups in total. The van der Waals surface area contributed by atoms with E-state index < -0.39 is 0 Å². The van der Waals surface area contributed by atoms with E-state index >= 15 is 0 Å². The lowest BCUT2D eigenvalue weighted by Gasteiger charge is -2.15. The molecule has 0 aliphatic rings. The summed E-state index contributed by atoms with van der Waals surface area (Å²) in [4.78, 5) is 11.2. The highest BCUT2D eigenvalue weighted by atomic mass is 35.5. The maximum Gasteiger partial charge on any atom is 0.307 e. The van der Waals surface area contributed by atoms with Gasteiger partial charge in [-0.05, 0) is 19.1 Å². The molecule has 0 unspecified atom stereocenters. The van der Waals surface area contributed by atoms with Crippen molar-refractivity contribution in [1.82, 2.24) is 5.32 Å². The SMILES string of the molecule is CC.CCOC(=O)CCNC(=S)Nc1cc(OC)c(Cl)cc1OC. The number of carbonyl (C=O) groups is 1. The molecule has 0 fully saturated rings. The van der Waals surface area contributed by atoms with Gasteiger partial charge in [-0.1, -0.05) is 25.4 Å². The van der Waals surface area contributed by atoms with Gasteiger partial charge in [-0.15, -0.1) is 0 Å². The summed E-state index contributed by atoms with van der Waals surface area (Å²) in [5.74, 6) is 0.753. The topological polar surface area (TPSA) is 68.8 Å². The molecule has 136 valence electrons. The number of halogens is 1. The van der Waals surface area contributed by atoms with Crippen molar-refractivity contribution in [2.75, 3.05) is 32.7 Å². The van der Waals surface area contributed by atoms with Gasteiger partial charge in [0.2, 0.25) is 0 Å². The van der Waals surface area contributed by atoms with Crippen LogP contribution in [0, 0.1) is 0 Å². The predicted molar refractivity (Wildman–Crippen MR) is 101 cm³/mol. The van der Waals surface area contributed by atoms with Crippen LogP contribution >= 0.6 is 23.8 Å². The lowest BCUT2D eigenvalue weighted by atomic mass is 10.2. The first-order valence-electron chi connectivity index (χ1n) is 7.63. The van der Waals surface area contributed by atoms with Crippen LogP contribution < -0.4 is 20.1 Å². The molecule has 0 aliphatic heterocycles. The molecule has 0 spiro atoms. The van der Waals surface area contributed by atoms with Crippen LogP contribution in [0.4, 0.5) is 5.69 Å². The summed E-state index contributed by atoms with van der Waals surface area (Å²) >= 11 is 11.2. The van der Waals surface area contributed by atoms with Crippen LogP contribution in [0.2, 0.25) is 5.02 Å². The number of thiocarbonyl (C=S) groups is 1. The van der Waals surface area contributed by atoms with Gasteiger partial charge < -0.3 is 24.8 Å². The minimum atomic E-state index is -0.274. The Morgan fingerprint density at radius 3 is 2.38 bits per heavy atom. The van der Waals surface area contributed by atoms with Crippen LogP contribution in [0.5, 0.6) is 11.5 Å². The van der Waals surface area contributed by atoms with E-state index in [9.17, 15) is 4.79 Å². The number of nitrogens with one attached hydrogen (secondary N) is 2. The predicted octanol–water partition coefficient (Wildman–Crippen LogP) is 3.62. The minimum absolute atomic E-state index is 0.233. The minimum Gasteiger partial charge on any atom is -0.495 e. The Bertz CT molecular complexity index is 541. The van der Waals surface area contributed by atoms with Crippen LogP contribution in [0.1, 0.15) is 27.2 Å². The van der Waals surface area contributed by atoms with Gasteiger partial charge in [0.05, 0.1) is 38.0 Å². The molecule has 0 aromatic heterocycles. The van der Waals surface area contributed by atoms with Crippen LogP contribution in [0.3, 0.4) is 0 Å². The quantitative estimate of drug-likeness (QED) is 0.556. The maximum absolute atomic E-state index is 11.2. The number of rotatable bonds is 7. The van der Waals surface area contributed by atoms with Crippen LogP contribution in [0.15, 0.2) is 12.1 Å². The van der Waals surface area contributed by atoms with Gasteiger partial charge in [0.25, 0.3) is 0 Å².